The number of nitrogens with one attached hydrogen (secondary N) is 1. The Balaban J connectivity index is 1.69. The number of imide groups is 1. The number of nitrogens with zero attached hydrogens (tertiary/aromatic N) is 2. The van der Waals surface area contributed by atoms with E-state index in [4.69, 9.17) is 4.74 Å². The van der Waals surface area contributed by atoms with Crippen molar-refractivity contribution in [2.24, 2.45) is 0 Å². The standard InChI is InChI=1S/C23H23N3O3/c1-4-14-7-5-6-8-19(14)26-21(27)23(2)20-16(11-12-25(23)22(26)28)17-13-15(29-3)9-10-18(17)24-20/h5-10,13,24H,4,11-12H2,1-3H3. The maximum Gasteiger partial charge on any atom is 0.332 e. The molecule has 0 radical (unpaired) electrons. The Hall–Kier alpha value is -3.28. The molecule has 1 N–H and O–H groups in total. The van der Waals surface area contributed by atoms with E-state index in [-0.39, 0.29) is 11.9 Å². The van der Waals surface area contributed by atoms with Gasteiger partial charge in [0.1, 0.15) is 5.75 Å². The second-order valence-corrected chi connectivity index (χ2v) is 7.77. The van der Waals surface area contributed by atoms with Crippen LogP contribution in [-0.4, -0.2) is 35.5 Å². The minimum absolute atomic E-state index is 0.206. The van der Waals surface area contributed by atoms with E-state index in [1.807, 2.05) is 56.3 Å². The Labute approximate surface area is 169 Å². The van der Waals surface area contributed by atoms with Crippen LogP contribution in [0.4, 0.5) is 10.5 Å². The number of anilines is 1. The van der Waals surface area contributed by atoms with Crippen molar-refractivity contribution in [1.29, 1.82) is 0 Å². The number of rotatable bonds is 3. The number of hydrogen-bond acceptors (Lipinski definition) is 3. The number of aromatic amines is 1. The molecule has 1 fully saturated rings. The van der Waals surface area contributed by atoms with E-state index in [0.717, 1.165) is 39.9 Å². The second-order valence-electron chi connectivity index (χ2n) is 7.77. The predicted molar refractivity (Wildman–Crippen MR) is 111 cm³/mol. The van der Waals surface area contributed by atoms with Gasteiger partial charge in [0.2, 0.25) is 0 Å². The van der Waals surface area contributed by atoms with Gasteiger partial charge in [-0.3, -0.25) is 4.79 Å². The van der Waals surface area contributed by atoms with Crippen molar-refractivity contribution in [2.45, 2.75) is 32.2 Å². The van der Waals surface area contributed by atoms with Crippen molar-refractivity contribution in [3.05, 3.63) is 59.3 Å². The molecule has 2 aromatic carbocycles. The molecule has 1 atom stereocenters. The third kappa shape index (κ3) is 2.23. The van der Waals surface area contributed by atoms with Gasteiger partial charge in [-0.05, 0) is 55.2 Å². The van der Waals surface area contributed by atoms with Crippen LogP contribution in [0.3, 0.4) is 0 Å². The van der Waals surface area contributed by atoms with Gasteiger partial charge in [-0.25, -0.2) is 9.69 Å². The van der Waals surface area contributed by atoms with Crippen LogP contribution < -0.4 is 9.64 Å². The summed E-state index contributed by atoms with van der Waals surface area (Å²) >= 11 is 0. The van der Waals surface area contributed by atoms with Crippen LogP contribution in [0.2, 0.25) is 0 Å². The lowest BCUT2D eigenvalue weighted by atomic mass is 9.87. The maximum atomic E-state index is 13.7. The number of fused-ring (bicyclic) bond motifs is 5. The number of methoxy groups -OCH3 is 1. The quantitative estimate of drug-likeness (QED) is 0.689. The molecule has 2 aliphatic rings. The Kier molecular flexibility index (Phi) is 3.75. The first-order valence-corrected chi connectivity index (χ1v) is 9.93. The van der Waals surface area contributed by atoms with E-state index in [1.54, 1.807) is 12.0 Å². The molecular formula is C23H23N3O3. The summed E-state index contributed by atoms with van der Waals surface area (Å²) in [7, 11) is 1.64. The maximum absolute atomic E-state index is 13.7. The molecular weight excluding hydrogens is 366 g/mol. The molecule has 1 unspecified atom stereocenters. The van der Waals surface area contributed by atoms with E-state index < -0.39 is 5.54 Å². The van der Waals surface area contributed by atoms with E-state index in [9.17, 15) is 9.59 Å². The molecule has 3 heterocycles. The molecule has 6 heteroatoms. The van der Waals surface area contributed by atoms with Gasteiger partial charge in [-0.15, -0.1) is 0 Å². The summed E-state index contributed by atoms with van der Waals surface area (Å²) in [6.45, 7) is 4.39. The lowest BCUT2D eigenvalue weighted by molar-refractivity contribution is -0.125. The summed E-state index contributed by atoms with van der Waals surface area (Å²) in [6.07, 6.45) is 1.45. The molecule has 3 amide bonds. The number of carbonyl (C=O) groups is 2. The number of para-hydroxylation sites is 1. The number of urea groups is 1. The number of aromatic nitrogens is 1. The number of benzene rings is 2. The fourth-order valence-electron chi connectivity index (χ4n) is 4.79. The lowest BCUT2D eigenvalue weighted by Gasteiger charge is -2.35. The van der Waals surface area contributed by atoms with Crippen LogP contribution in [0.5, 0.6) is 5.75 Å². The normalized spacial score (nSPS) is 20.9. The minimum Gasteiger partial charge on any atom is -0.497 e. The van der Waals surface area contributed by atoms with E-state index >= 15 is 0 Å². The molecule has 3 aromatic rings. The van der Waals surface area contributed by atoms with Crippen molar-refractivity contribution < 1.29 is 14.3 Å². The highest BCUT2D eigenvalue weighted by molar-refractivity contribution is 6.24. The highest BCUT2D eigenvalue weighted by Crippen LogP contribution is 2.46. The summed E-state index contributed by atoms with van der Waals surface area (Å²) in [5.41, 5.74) is 3.47. The van der Waals surface area contributed by atoms with Crippen molar-refractivity contribution in [1.82, 2.24) is 9.88 Å². The minimum atomic E-state index is -1.04. The molecule has 0 bridgehead atoms. The number of carbonyl (C=O) groups excluding carboxylic acids is 2. The summed E-state index contributed by atoms with van der Waals surface area (Å²) in [6, 6.07) is 13.2. The zero-order valence-corrected chi connectivity index (χ0v) is 16.8. The monoisotopic (exact) mass is 389 g/mol. The SMILES string of the molecule is CCc1ccccc1N1C(=O)N2CCc3c([nH]c4ccc(OC)cc34)C2(C)C1=O. The fraction of sp³-hybridized carbons (Fsp3) is 0.304. The number of ether oxygens (including phenoxy) is 1. The second kappa shape index (κ2) is 6.11. The molecule has 6 nitrogen and oxygen atoms in total. The molecule has 2 aliphatic heterocycles. The summed E-state index contributed by atoms with van der Waals surface area (Å²) < 4.78 is 5.38. The number of H-pyrrole nitrogens is 1. The fourth-order valence-corrected chi connectivity index (χ4v) is 4.79. The Morgan fingerprint density at radius 3 is 2.72 bits per heavy atom. The predicted octanol–water partition coefficient (Wildman–Crippen LogP) is 3.98. The first-order chi connectivity index (χ1) is 14.0. The molecule has 148 valence electrons. The van der Waals surface area contributed by atoms with Crippen molar-refractivity contribution in [3.63, 3.8) is 0 Å². The Bertz CT molecular complexity index is 1170. The molecule has 0 aliphatic carbocycles. The molecule has 0 saturated carbocycles. The number of hydrogen-bond donors (Lipinski definition) is 1. The largest absolute Gasteiger partial charge is 0.497 e. The summed E-state index contributed by atoms with van der Waals surface area (Å²) in [4.78, 5) is 33.6. The summed E-state index contributed by atoms with van der Waals surface area (Å²) in [5, 5.41) is 1.05. The van der Waals surface area contributed by atoms with Crippen molar-refractivity contribution in [3.8, 4) is 5.75 Å². The molecule has 1 saturated heterocycles. The van der Waals surface area contributed by atoms with E-state index in [1.165, 1.54) is 4.90 Å². The lowest BCUT2D eigenvalue weighted by Crippen LogP contribution is -2.49. The van der Waals surface area contributed by atoms with Gasteiger partial charge in [0.15, 0.2) is 5.54 Å². The van der Waals surface area contributed by atoms with Gasteiger partial charge in [0, 0.05) is 17.4 Å². The highest BCUT2D eigenvalue weighted by Gasteiger charge is 2.59. The molecule has 29 heavy (non-hydrogen) atoms. The first kappa shape index (κ1) is 17.8. The average molecular weight is 389 g/mol. The van der Waals surface area contributed by atoms with E-state index in [0.29, 0.717) is 18.7 Å². The van der Waals surface area contributed by atoms with Crippen molar-refractivity contribution in [2.75, 3.05) is 18.6 Å². The zero-order chi connectivity index (χ0) is 20.3. The van der Waals surface area contributed by atoms with Crippen LogP contribution in [0.1, 0.15) is 30.7 Å². The summed E-state index contributed by atoms with van der Waals surface area (Å²) in [5.74, 6) is 0.571. The topological polar surface area (TPSA) is 65.6 Å². The van der Waals surface area contributed by atoms with Crippen LogP contribution in [0.25, 0.3) is 10.9 Å². The zero-order valence-electron chi connectivity index (χ0n) is 16.8. The van der Waals surface area contributed by atoms with Crippen LogP contribution in [0.15, 0.2) is 42.5 Å². The highest BCUT2D eigenvalue weighted by atomic mass is 16.5. The van der Waals surface area contributed by atoms with Gasteiger partial charge in [-0.1, -0.05) is 25.1 Å². The Morgan fingerprint density at radius 2 is 1.97 bits per heavy atom. The van der Waals surface area contributed by atoms with Gasteiger partial charge < -0.3 is 14.6 Å². The van der Waals surface area contributed by atoms with E-state index in [2.05, 4.69) is 4.98 Å². The van der Waals surface area contributed by atoms with Gasteiger partial charge in [-0.2, -0.15) is 0 Å². The van der Waals surface area contributed by atoms with Crippen molar-refractivity contribution >= 4 is 28.5 Å². The first-order valence-electron chi connectivity index (χ1n) is 9.93. The van der Waals surface area contributed by atoms with Crippen LogP contribution >= 0.6 is 0 Å². The molecule has 1 aromatic heterocycles. The van der Waals surface area contributed by atoms with Crippen LogP contribution in [-0.2, 0) is 23.2 Å². The molecule has 5 rings (SSSR count). The van der Waals surface area contributed by atoms with Gasteiger partial charge in [0.25, 0.3) is 5.91 Å². The Morgan fingerprint density at radius 1 is 1.17 bits per heavy atom. The van der Waals surface area contributed by atoms with Gasteiger partial charge >= 0.3 is 6.03 Å². The number of aryl methyl sites for hydroxylation is 1. The molecule has 0 spiro atoms. The third-order valence-corrected chi connectivity index (χ3v) is 6.38. The third-order valence-electron chi connectivity index (χ3n) is 6.38. The van der Waals surface area contributed by atoms with Crippen LogP contribution in [0, 0.1) is 0 Å². The smallest absolute Gasteiger partial charge is 0.332 e. The number of amides is 3. The van der Waals surface area contributed by atoms with Gasteiger partial charge in [0.05, 0.1) is 18.5 Å². The average Bonchev–Trinajstić information content (AvgIpc) is 3.21.